The molecule has 3 saturated heterocycles. The van der Waals surface area contributed by atoms with Crippen LogP contribution in [0.4, 0.5) is 0 Å². The van der Waals surface area contributed by atoms with E-state index in [2.05, 4.69) is 17.4 Å². The highest BCUT2D eigenvalue weighted by atomic mass is 16.5. The molecule has 57 heavy (non-hydrogen) atoms. The summed E-state index contributed by atoms with van der Waals surface area (Å²) in [5, 5.41) is 12.3. The molecule has 6 aliphatic rings. The number of nitrogens with zero attached hydrogens (tertiary/aromatic N) is 2. The first-order valence-electron chi connectivity index (χ1n) is 20.0. The molecule has 3 atom stereocenters. The molecule has 3 unspecified atom stereocenters. The maximum absolute atomic E-state index is 11.9. The minimum absolute atomic E-state index is 0.0693. The van der Waals surface area contributed by atoms with Crippen molar-refractivity contribution in [2.24, 2.45) is 16.2 Å². The summed E-state index contributed by atoms with van der Waals surface area (Å²) < 4.78 is 9.73. The largest absolute Gasteiger partial charge is 0.465 e. The van der Waals surface area contributed by atoms with Crippen LogP contribution in [0.15, 0.2) is 54.6 Å². The number of methoxy groups -OCH3 is 2. The summed E-state index contributed by atoms with van der Waals surface area (Å²) in [5.41, 5.74) is 11.3. The summed E-state index contributed by atoms with van der Waals surface area (Å²) in [4.78, 5) is 62.2. The first kappa shape index (κ1) is 40.1. The maximum Gasteiger partial charge on any atom is 0.338 e. The predicted octanol–water partition coefficient (Wildman–Crippen LogP) is 4.50. The first-order chi connectivity index (χ1) is 27.3. The van der Waals surface area contributed by atoms with E-state index in [1.165, 1.54) is 37.3 Å². The molecule has 3 aliphatic heterocycles. The second-order valence-corrected chi connectivity index (χ2v) is 17.1. The Labute approximate surface area is 334 Å². The lowest BCUT2D eigenvalue weighted by Crippen LogP contribution is -2.31. The molecule has 3 aromatic carbocycles. The molecular weight excluding hydrogens is 725 g/mol. The number of ether oxygens (including phenoxy) is 2. The van der Waals surface area contributed by atoms with Crippen molar-refractivity contribution in [3.8, 4) is 0 Å². The third-order valence-electron chi connectivity index (χ3n) is 13.4. The molecule has 3 fully saturated rings. The fourth-order valence-corrected chi connectivity index (χ4v) is 10.5. The lowest BCUT2D eigenvalue weighted by atomic mass is 9.84. The fourth-order valence-electron chi connectivity index (χ4n) is 10.5. The summed E-state index contributed by atoms with van der Waals surface area (Å²) in [5.74, 6) is -0.664. The van der Waals surface area contributed by atoms with E-state index in [9.17, 15) is 24.0 Å². The Morgan fingerprint density at radius 1 is 0.614 bits per heavy atom. The Hall–Kier alpha value is -5.07. The molecule has 3 aliphatic carbocycles. The number of fused-ring (bicyclic) bond motifs is 3. The molecule has 12 nitrogen and oxygen atoms in total. The van der Waals surface area contributed by atoms with Crippen molar-refractivity contribution in [3.63, 3.8) is 0 Å². The highest BCUT2D eigenvalue weighted by Crippen LogP contribution is 2.46. The van der Waals surface area contributed by atoms with E-state index in [1.807, 2.05) is 46.2 Å². The molecule has 0 saturated carbocycles. The number of nitrogens with one attached hydrogen (secondary N) is 2. The highest BCUT2D eigenvalue weighted by molar-refractivity contribution is 5.95. The zero-order chi connectivity index (χ0) is 40.5. The van der Waals surface area contributed by atoms with Gasteiger partial charge in [0.2, 0.25) is 11.8 Å². The number of hydrogen-bond acceptors (Lipinski definition) is 9. The predicted molar refractivity (Wildman–Crippen MR) is 212 cm³/mol. The molecule has 3 spiro atoms. The van der Waals surface area contributed by atoms with Gasteiger partial charge in [-0.05, 0) is 132 Å². The number of likely N-dealkylation sites (tertiary alicyclic amines) is 2. The van der Waals surface area contributed by atoms with Gasteiger partial charge in [0.1, 0.15) is 0 Å². The first-order valence-corrected chi connectivity index (χ1v) is 20.0. The van der Waals surface area contributed by atoms with Gasteiger partial charge in [-0.25, -0.2) is 15.1 Å². The van der Waals surface area contributed by atoms with Crippen molar-refractivity contribution in [1.82, 2.24) is 20.6 Å². The molecular formula is C45H54N4O8. The van der Waals surface area contributed by atoms with Gasteiger partial charge in [0.15, 0.2) is 0 Å². The normalized spacial score (nSPS) is 24.6. The van der Waals surface area contributed by atoms with Crippen LogP contribution in [0.2, 0.25) is 0 Å². The third-order valence-corrected chi connectivity index (χ3v) is 13.4. The van der Waals surface area contributed by atoms with Crippen LogP contribution in [0.3, 0.4) is 0 Å². The van der Waals surface area contributed by atoms with E-state index in [4.69, 9.17) is 14.7 Å². The minimum atomic E-state index is -0.458. The van der Waals surface area contributed by atoms with E-state index >= 15 is 0 Å². The third kappa shape index (κ3) is 7.94. The summed E-state index contributed by atoms with van der Waals surface area (Å²) in [7, 11) is 2.86. The van der Waals surface area contributed by atoms with Gasteiger partial charge in [-0.2, -0.15) is 0 Å². The molecule has 12 heteroatoms. The number of benzene rings is 3. The van der Waals surface area contributed by atoms with Crippen molar-refractivity contribution in [1.29, 1.82) is 0 Å². The van der Waals surface area contributed by atoms with Crippen molar-refractivity contribution >= 4 is 29.7 Å². The van der Waals surface area contributed by atoms with E-state index < -0.39 is 5.91 Å². The number of rotatable bonds is 3. The number of carbonyl (C=O) groups is 5. The lowest BCUT2D eigenvalue weighted by Gasteiger charge is -2.23. The Bertz CT molecular complexity index is 1990. The van der Waals surface area contributed by atoms with Crippen LogP contribution >= 0.6 is 0 Å². The van der Waals surface area contributed by atoms with Gasteiger partial charge in [0.25, 0.3) is 5.91 Å². The monoisotopic (exact) mass is 778 g/mol. The Kier molecular flexibility index (Phi) is 11.3. The number of hydroxylamine groups is 1. The molecule has 9 rings (SSSR count). The number of carbonyl (C=O) groups excluding carboxylic acids is 5. The molecule has 3 heterocycles. The SMILES string of the molecule is CC(=O)N1CCC2(Cc3cccc(C(=O)NO)c3C2)C1.COC(=O)c1cccc2c1CC1(CCN(C(C)=O)C1)C2.COC(=O)c1cccc2c1CC1(CCNC1)C2. The summed E-state index contributed by atoms with van der Waals surface area (Å²) in [6.45, 7) is 8.59. The number of hydrogen-bond donors (Lipinski definition) is 3. The molecule has 3 N–H and O–H groups in total. The number of amides is 3. The van der Waals surface area contributed by atoms with Gasteiger partial charge in [-0.1, -0.05) is 36.4 Å². The summed E-state index contributed by atoms with van der Waals surface area (Å²) in [6, 6.07) is 17.5. The van der Waals surface area contributed by atoms with Gasteiger partial charge in [-0.3, -0.25) is 19.6 Å². The smallest absolute Gasteiger partial charge is 0.338 e. The highest BCUT2D eigenvalue weighted by Gasteiger charge is 2.46. The Balaban J connectivity index is 0.000000131. The van der Waals surface area contributed by atoms with Gasteiger partial charge in [0, 0.05) is 52.1 Å². The van der Waals surface area contributed by atoms with Crippen molar-refractivity contribution < 1.29 is 38.7 Å². The van der Waals surface area contributed by atoms with E-state index in [0.29, 0.717) is 16.5 Å². The van der Waals surface area contributed by atoms with Crippen LogP contribution in [0.25, 0.3) is 0 Å². The zero-order valence-electron chi connectivity index (χ0n) is 33.5. The Morgan fingerprint density at radius 3 is 1.42 bits per heavy atom. The molecule has 0 bridgehead atoms. The van der Waals surface area contributed by atoms with Crippen molar-refractivity contribution in [2.45, 2.75) is 71.6 Å². The van der Waals surface area contributed by atoms with Crippen LogP contribution in [0.1, 0.15) is 97.6 Å². The molecule has 3 aromatic rings. The van der Waals surface area contributed by atoms with Crippen LogP contribution in [-0.4, -0.2) is 98.2 Å². The van der Waals surface area contributed by atoms with Gasteiger partial charge in [0.05, 0.1) is 25.3 Å². The topological polar surface area (TPSA) is 155 Å². The quantitative estimate of drug-likeness (QED) is 0.198. The summed E-state index contributed by atoms with van der Waals surface area (Å²) in [6.07, 6.45) is 8.84. The van der Waals surface area contributed by atoms with Crippen LogP contribution in [0.5, 0.6) is 0 Å². The van der Waals surface area contributed by atoms with Gasteiger partial charge >= 0.3 is 11.9 Å². The van der Waals surface area contributed by atoms with Gasteiger partial charge < -0.3 is 24.6 Å². The lowest BCUT2D eigenvalue weighted by molar-refractivity contribution is -0.129. The van der Waals surface area contributed by atoms with Crippen molar-refractivity contribution in [2.75, 3.05) is 53.5 Å². The molecule has 0 radical (unpaired) electrons. The molecule has 3 amide bonds. The summed E-state index contributed by atoms with van der Waals surface area (Å²) >= 11 is 0. The van der Waals surface area contributed by atoms with Gasteiger partial charge in [-0.15, -0.1) is 0 Å². The van der Waals surface area contributed by atoms with Crippen LogP contribution < -0.4 is 10.8 Å². The second-order valence-electron chi connectivity index (χ2n) is 17.1. The van der Waals surface area contributed by atoms with E-state index in [-0.39, 0.29) is 34.6 Å². The van der Waals surface area contributed by atoms with Crippen molar-refractivity contribution in [3.05, 3.63) is 105 Å². The fraction of sp³-hybridized carbons (Fsp3) is 0.489. The molecule has 302 valence electrons. The maximum atomic E-state index is 11.9. The minimum Gasteiger partial charge on any atom is -0.465 e. The average Bonchev–Trinajstić information content (AvgIpc) is 4.08. The second kappa shape index (κ2) is 16.1. The van der Waals surface area contributed by atoms with E-state index in [1.54, 1.807) is 25.4 Å². The number of esters is 2. The Morgan fingerprint density at radius 2 is 1.04 bits per heavy atom. The molecule has 0 aromatic heterocycles. The van der Waals surface area contributed by atoms with E-state index in [0.717, 1.165) is 113 Å². The standard InChI is InChI=1S/C16H19NO3.C15H18N2O3.C14H17NO2/c1-11(18)17-7-6-16(10-17)8-12-4-3-5-13(14(12)9-16)15(19)20-2;1-10(18)17-6-5-15(9-17)7-11-3-2-4-12(13(11)8-15)14(19)16-20;1-17-13(16)11-4-2-3-10-7-14(8-12(10)11)5-6-15-9-14/h3-5H,6-10H2,1-2H3;2-4,20H,5-9H2,1H3,(H,16,19);2-4,15H,5-9H2,1H3. The average molecular weight is 779 g/mol. The van der Waals surface area contributed by atoms with Crippen LogP contribution in [0, 0.1) is 16.2 Å². The van der Waals surface area contributed by atoms with Crippen LogP contribution in [-0.2, 0) is 57.6 Å². The zero-order valence-corrected chi connectivity index (χ0v) is 33.5.